The summed E-state index contributed by atoms with van der Waals surface area (Å²) in [4.78, 5) is 28.3. The van der Waals surface area contributed by atoms with Crippen LogP contribution in [0.2, 0.25) is 0 Å². The Morgan fingerprint density at radius 3 is 2.50 bits per heavy atom. The molecule has 0 bridgehead atoms. The van der Waals surface area contributed by atoms with Gasteiger partial charge in [-0.25, -0.2) is 4.79 Å². The van der Waals surface area contributed by atoms with Crippen LogP contribution in [0.15, 0.2) is 23.1 Å². The average molecular weight is 473 g/mol. The lowest BCUT2D eigenvalue weighted by Gasteiger charge is -2.16. The van der Waals surface area contributed by atoms with Gasteiger partial charge in [0, 0.05) is 22.9 Å². The molecule has 0 saturated heterocycles. The molecule has 176 valence electrons. The molecule has 0 saturated carbocycles. The molecule has 1 atom stereocenters. The van der Waals surface area contributed by atoms with Gasteiger partial charge >= 0.3 is 12.1 Å². The van der Waals surface area contributed by atoms with Crippen LogP contribution in [0.4, 0.5) is 18.9 Å². The van der Waals surface area contributed by atoms with Crippen molar-refractivity contribution in [3.63, 3.8) is 0 Å². The van der Waals surface area contributed by atoms with Crippen LogP contribution in [0.3, 0.4) is 0 Å². The van der Waals surface area contributed by atoms with Crippen molar-refractivity contribution < 1.29 is 32.2 Å². The molecule has 0 fully saturated rings. The van der Waals surface area contributed by atoms with Crippen molar-refractivity contribution in [3.05, 3.63) is 46.3 Å². The number of amides is 1. The van der Waals surface area contributed by atoms with Crippen LogP contribution in [0.5, 0.6) is 0 Å². The quantitative estimate of drug-likeness (QED) is 0.282. The van der Waals surface area contributed by atoms with Gasteiger partial charge in [0.1, 0.15) is 12.3 Å². The largest absolute Gasteiger partial charge is 0.460 e. The van der Waals surface area contributed by atoms with Gasteiger partial charge in [0.05, 0.1) is 23.4 Å². The van der Waals surface area contributed by atoms with Gasteiger partial charge in [-0.2, -0.15) is 13.2 Å². The number of hydrogen-bond donors (Lipinski definition) is 2. The molecule has 10 heteroatoms. The minimum atomic E-state index is -4.65. The summed E-state index contributed by atoms with van der Waals surface area (Å²) in [6.45, 7) is 7.26. The predicted molar refractivity (Wildman–Crippen MR) is 117 cm³/mol. The Morgan fingerprint density at radius 1 is 1.22 bits per heavy atom. The highest BCUT2D eigenvalue weighted by Gasteiger charge is 2.35. The molecule has 2 aromatic rings. The Hall–Kier alpha value is -2.46. The van der Waals surface area contributed by atoms with E-state index < -0.39 is 23.6 Å². The van der Waals surface area contributed by atoms with Crippen LogP contribution in [0.1, 0.15) is 57.9 Å². The van der Waals surface area contributed by atoms with Crippen LogP contribution in [-0.4, -0.2) is 42.4 Å². The summed E-state index contributed by atoms with van der Waals surface area (Å²) in [5.74, 6) is -1.43. The normalized spacial score (nSPS) is 12.5. The Balaban J connectivity index is 2.31. The van der Waals surface area contributed by atoms with Crippen molar-refractivity contribution in [2.75, 3.05) is 25.6 Å². The fourth-order valence-corrected chi connectivity index (χ4v) is 3.98. The van der Waals surface area contributed by atoms with Crippen LogP contribution in [0, 0.1) is 13.8 Å². The van der Waals surface area contributed by atoms with E-state index in [2.05, 4.69) is 10.3 Å². The minimum absolute atomic E-state index is 0.00706. The molecular formula is C22H27F3N2O4S. The smallest absolute Gasteiger partial charge is 0.418 e. The first-order valence-electron chi connectivity index (χ1n) is 10.0. The zero-order valence-corrected chi connectivity index (χ0v) is 19.4. The van der Waals surface area contributed by atoms with E-state index in [1.54, 1.807) is 13.0 Å². The maximum Gasteiger partial charge on any atom is 0.418 e. The second-order valence-electron chi connectivity index (χ2n) is 7.25. The van der Waals surface area contributed by atoms with Crippen molar-refractivity contribution in [1.29, 1.82) is 0 Å². The Bertz CT molecular complexity index is 973. The first kappa shape index (κ1) is 25.8. The number of H-pyrrole nitrogens is 1. The van der Waals surface area contributed by atoms with E-state index in [0.29, 0.717) is 16.2 Å². The van der Waals surface area contributed by atoms with Crippen LogP contribution in [-0.2, 0) is 15.7 Å². The van der Waals surface area contributed by atoms with Gasteiger partial charge in [0.25, 0.3) is 5.91 Å². The molecule has 1 amide bonds. The second kappa shape index (κ2) is 10.9. The van der Waals surface area contributed by atoms with Gasteiger partial charge in [0.15, 0.2) is 0 Å². The zero-order chi connectivity index (χ0) is 24.1. The van der Waals surface area contributed by atoms with Crippen molar-refractivity contribution in [2.24, 2.45) is 0 Å². The summed E-state index contributed by atoms with van der Waals surface area (Å²) in [7, 11) is 1.47. The Labute approximate surface area is 189 Å². The lowest BCUT2D eigenvalue weighted by Crippen LogP contribution is -2.18. The van der Waals surface area contributed by atoms with E-state index >= 15 is 0 Å². The van der Waals surface area contributed by atoms with E-state index in [4.69, 9.17) is 9.47 Å². The van der Waals surface area contributed by atoms with E-state index in [-0.39, 0.29) is 35.4 Å². The molecular weight excluding hydrogens is 445 g/mol. The van der Waals surface area contributed by atoms with Crippen molar-refractivity contribution >= 4 is 29.3 Å². The van der Waals surface area contributed by atoms with Gasteiger partial charge in [-0.3, -0.25) is 4.79 Å². The molecule has 1 aromatic heterocycles. The molecule has 6 nitrogen and oxygen atoms in total. The number of thioether (sulfide) groups is 1. The molecule has 1 unspecified atom stereocenters. The number of halogens is 3. The highest BCUT2D eigenvalue weighted by Crippen LogP contribution is 2.38. The van der Waals surface area contributed by atoms with Crippen molar-refractivity contribution in [2.45, 2.75) is 50.4 Å². The van der Waals surface area contributed by atoms with Crippen LogP contribution < -0.4 is 5.32 Å². The van der Waals surface area contributed by atoms with Gasteiger partial charge in [-0.1, -0.05) is 13.8 Å². The molecule has 0 aliphatic heterocycles. The summed E-state index contributed by atoms with van der Waals surface area (Å²) in [5.41, 5.74) is -0.451. The Kier molecular flexibility index (Phi) is 8.80. The van der Waals surface area contributed by atoms with E-state index in [0.717, 1.165) is 12.5 Å². The fraction of sp³-hybridized carbons (Fsp3) is 0.455. The monoisotopic (exact) mass is 472 g/mol. The average Bonchev–Trinajstić information content (AvgIpc) is 3.02. The maximum atomic E-state index is 13.7. The summed E-state index contributed by atoms with van der Waals surface area (Å²) in [6, 6.07) is 3.83. The highest BCUT2D eigenvalue weighted by atomic mass is 32.2. The van der Waals surface area contributed by atoms with Gasteiger partial charge in [0.2, 0.25) is 0 Å². The minimum Gasteiger partial charge on any atom is -0.460 e. The molecule has 2 N–H and O–H groups in total. The number of rotatable bonds is 9. The first-order chi connectivity index (χ1) is 15.0. The number of aromatic amines is 1. The number of ether oxygens (including phenoxy) is 2. The lowest BCUT2D eigenvalue weighted by atomic mass is 10.1. The number of benzene rings is 1. The number of alkyl halides is 3. The number of carbonyl (C=O) groups excluding carboxylic acids is 2. The summed E-state index contributed by atoms with van der Waals surface area (Å²) < 4.78 is 50.9. The molecule has 2 rings (SSSR count). The molecule has 32 heavy (non-hydrogen) atoms. The van der Waals surface area contributed by atoms with Crippen LogP contribution >= 0.6 is 11.8 Å². The SMILES string of the molecule is CCC(C)Sc1ccc(NC(=O)c2[nH]c(C)c(C(=O)OCCOC)c2C)c(C(F)(F)F)c1. The number of methoxy groups -OCH3 is 1. The third kappa shape index (κ3) is 6.29. The summed E-state index contributed by atoms with van der Waals surface area (Å²) in [5, 5.41) is 2.48. The molecule has 0 aliphatic rings. The number of anilines is 1. The zero-order valence-electron chi connectivity index (χ0n) is 18.6. The molecule has 0 spiro atoms. The van der Waals surface area contributed by atoms with Gasteiger partial charge in [-0.15, -0.1) is 11.8 Å². The third-order valence-electron chi connectivity index (χ3n) is 4.85. The standard InChI is InChI=1S/C22H27F3N2O4S/c1-6-12(2)32-15-7-8-17(16(11-15)22(23,24)25)27-20(28)19-13(3)18(14(4)26-19)21(29)31-10-9-30-5/h7-8,11-12,26H,6,9-10H2,1-5H3,(H,27,28). The number of carbonyl (C=O) groups is 2. The fourth-order valence-electron chi connectivity index (χ4n) is 3.01. The van der Waals surface area contributed by atoms with Gasteiger partial charge in [-0.05, 0) is 44.0 Å². The molecule has 0 radical (unpaired) electrons. The molecule has 0 aliphatic carbocycles. The molecule has 1 heterocycles. The third-order valence-corrected chi connectivity index (χ3v) is 6.11. The number of hydrogen-bond acceptors (Lipinski definition) is 5. The topological polar surface area (TPSA) is 80.4 Å². The number of aromatic nitrogens is 1. The summed E-state index contributed by atoms with van der Waals surface area (Å²) >= 11 is 1.34. The number of aryl methyl sites for hydroxylation is 1. The second-order valence-corrected chi connectivity index (χ2v) is 8.76. The number of nitrogens with one attached hydrogen (secondary N) is 2. The number of esters is 1. The highest BCUT2D eigenvalue weighted by molar-refractivity contribution is 7.99. The first-order valence-corrected chi connectivity index (χ1v) is 10.9. The van der Waals surface area contributed by atoms with E-state index in [1.807, 2.05) is 13.8 Å². The Morgan fingerprint density at radius 2 is 1.91 bits per heavy atom. The predicted octanol–water partition coefficient (Wildman–Crippen LogP) is 5.60. The van der Waals surface area contributed by atoms with E-state index in [9.17, 15) is 22.8 Å². The van der Waals surface area contributed by atoms with Crippen molar-refractivity contribution in [3.8, 4) is 0 Å². The van der Waals surface area contributed by atoms with Crippen LogP contribution in [0.25, 0.3) is 0 Å². The van der Waals surface area contributed by atoms with Crippen molar-refractivity contribution in [1.82, 2.24) is 4.98 Å². The lowest BCUT2D eigenvalue weighted by molar-refractivity contribution is -0.137. The summed E-state index contributed by atoms with van der Waals surface area (Å²) in [6.07, 6.45) is -3.84. The molecule has 1 aromatic carbocycles. The van der Waals surface area contributed by atoms with E-state index in [1.165, 1.54) is 31.9 Å². The maximum absolute atomic E-state index is 13.7. The van der Waals surface area contributed by atoms with Gasteiger partial charge < -0.3 is 19.8 Å².